The van der Waals surface area contributed by atoms with Crippen molar-refractivity contribution in [2.24, 2.45) is 5.41 Å². The van der Waals surface area contributed by atoms with Crippen LogP contribution >= 0.6 is 15.9 Å². The molecule has 0 aromatic heterocycles. The van der Waals surface area contributed by atoms with Crippen LogP contribution < -0.4 is 0 Å². The van der Waals surface area contributed by atoms with Crippen molar-refractivity contribution in [1.29, 1.82) is 0 Å². The van der Waals surface area contributed by atoms with Crippen LogP contribution in [0, 0.1) is 5.41 Å². The lowest BCUT2D eigenvalue weighted by molar-refractivity contribution is 0.106. The summed E-state index contributed by atoms with van der Waals surface area (Å²) in [5.41, 5.74) is 0.498. The molecule has 1 fully saturated rings. The van der Waals surface area contributed by atoms with Crippen molar-refractivity contribution in [2.75, 3.05) is 11.9 Å². The first-order chi connectivity index (χ1) is 5.26. The molecule has 1 nitrogen and oxygen atoms in total. The molecule has 1 aliphatic rings. The third-order valence-electron chi connectivity index (χ3n) is 2.96. The Hall–Kier alpha value is 0.440. The van der Waals surface area contributed by atoms with Gasteiger partial charge in [-0.25, -0.2) is 0 Å². The number of rotatable bonds is 3. The molecule has 0 bridgehead atoms. The topological polar surface area (TPSA) is 9.23 Å². The molecule has 1 saturated heterocycles. The van der Waals surface area contributed by atoms with Gasteiger partial charge in [0.25, 0.3) is 0 Å². The molecule has 0 amide bonds. The number of hydrogen-bond donors (Lipinski definition) is 0. The summed E-state index contributed by atoms with van der Waals surface area (Å²) in [4.78, 5) is 0. The third kappa shape index (κ3) is 1.97. The predicted molar refractivity (Wildman–Crippen MR) is 51.2 cm³/mol. The van der Waals surface area contributed by atoms with E-state index in [1.807, 2.05) is 0 Å². The molecule has 1 heterocycles. The highest BCUT2D eigenvalue weighted by Crippen LogP contribution is 2.39. The van der Waals surface area contributed by atoms with Crippen molar-refractivity contribution < 1.29 is 4.74 Å². The fourth-order valence-corrected chi connectivity index (χ4v) is 2.15. The standard InChI is InChI=1S/C9H17BrO/c1-3-9(4-2)5-8(6-10)11-7-9/h8H,3-7H2,1-2H3/t8-/m1/s1. The second kappa shape index (κ2) is 3.90. The molecular formula is C9H17BrO. The molecule has 0 aromatic rings. The second-order valence-corrected chi connectivity index (χ2v) is 4.15. The molecule has 0 aliphatic carbocycles. The average Bonchev–Trinajstić information content (AvgIpc) is 2.49. The minimum Gasteiger partial charge on any atom is -0.377 e. The summed E-state index contributed by atoms with van der Waals surface area (Å²) < 4.78 is 5.65. The Morgan fingerprint density at radius 2 is 2.09 bits per heavy atom. The molecule has 66 valence electrons. The van der Waals surface area contributed by atoms with E-state index in [2.05, 4.69) is 29.8 Å². The molecule has 0 aromatic carbocycles. The number of hydrogen-bond acceptors (Lipinski definition) is 1. The van der Waals surface area contributed by atoms with E-state index >= 15 is 0 Å². The van der Waals surface area contributed by atoms with Crippen LogP contribution in [0.1, 0.15) is 33.1 Å². The van der Waals surface area contributed by atoms with E-state index in [1.54, 1.807) is 0 Å². The van der Waals surface area contributed by atoms with Crippen LogP contribution in [0.2, 0.25) is 0 Å². The highest BCUT2D eigenvalue weighted by molar-refractivity contribution is 9.09. The lowest BCUT2D eigenvalue weighted by atomic mass is 9.81. The predicted octanol–water partition coefficient (Wildman–Crippen LogP) is 2.98. The largest absolute Gasteiger partial charge is 0.377 e. The van der Waals surface area contributed by atoms with Crippen LogP contribution in [-0.2, 0) is 4.74 Å². The zero-order valence-electron chi connectivity index (χ0n) is 7.40. The fraction of sp³-hybridized carbons (Fsp3) is 1.00. The van der Waals surface area contributed by atoms with Gasteiger partial charge in [-0.2, -0.15) is 0 Å². The average molecular weight is 221 g/mol. The SMILES string of the molecule is CCC1(CC)CO[C@@H](CBr)C1. The van der Waals surface area contributed by atoms with Gasteiger partial charge in [0, 0.05) is 5.33 Å². The Kier molecular flexibility index (Phi) is 3.38. The van der Waals surface area contributed by atoms with Crippen LogP contribution in [-0.4, -0.2) is 18.0 Å². The van der Waals surface area contributed by atoms with Gasteiger partial charge in [-0.1, -0.05) is 29.8 Å². The highest BCUT2D eigenvalue weighted by atomic mass is 79.9. The van der Waals surface area contributed by atoms with Crippen molar-refractivity contribution in [3.05, 3.63) is 0 Å². The first kappa shape index (κ1) is 9.53. The van der Waals surface area contributed by atoms with E-state index in [9.17, 15) is 0 Å². The van der Waals surface area contributed by atoms with Gasteiger partial charge in [-0.05, 0) is 24.7 Å². The summed E-state index contributed by atoms with van der Waals surface area (Å²) >= 11 is 3.46. The molecule has 0 N–H and O–H groups in total. The zero-order valence-corrected chi connectivity index (χ0v) is 8.99. The molecule has 1 rings (SSSR count). The van der Waals surface area contributed by atoms with Gasteiger partial charge in [0.15, 0.2) is 0 Å². The van der Waals surface area contributed by atoms with Crippen molar-refractivity contribution in [3.63, 3.8) is 0 Å². The van der Waals surface area contributed by atoms with Crippen LogP contribution in [0.4, 0.5) is 0 Å². The van der Waals surface area contributed by atoms with Crippen molar-refractivity contribution in [2.45, 2.75) is 39.2 Å². The summed E-state index contributed by atoms with van der Waals surface area (Å²) in [6.07, 6.45) is 4.22. The minimum absolute atomic E-state index is 0.467. The van der Waals surface area contributed by atoms with E-state index in [-0.39, 0.29) is 0 Å². The smallest absolute Gasteiger partial charge is 0.0678 e. The van der Waals surface area contributed by atoms with E-state index in [0.717, 1.165) is 11.9 Å². The van der Waals surface area contributed by atoms with E-state index in [1.165, 1.54) is 19.3 Å². The van der Waals surface area contributed by atoms with Gasteiger partial charge >= 0.3 is 0 Å². The number of ether oxygens (including phenoxy) is 1. The number of alkyl halides is 1. The van der Waals surface area contributed by atoms with Crippen molar-refractivity contribution >= 4 is 15.9 Å². The van der Waals surface area contributed by atoms with Gasteiger partial charge in [0.1, 0.15) is 0 Å². The van der Waals surface area contributed by atoms with E-state index < -0.39 is 0 Å². The first-order valence-electron chi connectivity index (χ1n) is 4.44. The lowest BCUT2D eigenvalue weighted by Crippen LogP contribution is -2.18. The van der Waals surface area contributed by atoms with Gasteiger partial charge in [-0.3, -0.25) is 0 Å². The fourth-order valence-electron chi connectivity index (χ4n) is 1.74. The summed E-state index contributed by atoms with van der Waals surface area (Å²) in [7, 11) is 0. The van der Waals surface area contributed by atoms with E-state index in [4.69, 9.17) is 4.74 Å². The van der Waals surface area contributed by atoms with E-state index in [0.29, 0.717) is 11.5 Å². The maximum Gasteiger partial charge on any atom is 0.0678 e. The quantitative estimate of drug-likeness (QED) is 0.665. The summed E-state index contributed by atoms with van der Waals surface area (Å²) in [5, 5.41) is 0.995. The van der Waals surface area contributed by atoms with Crippen LogP contribution in [0.5, 0.6) is 0 Å². The first-order valence-corrected chi connectivity index (χ1v) is 5.56. The van der Waals surface area contributed by atoms with Crippen molar-refractivity contribution in [3.8, 4) is 0 Å². The monoisotopic (exact) mass is 220 g/mol. The molecule has 1 atom stereocenters. The van der Waals surface area contributed by atoms with Gasteiger partial charge < -0.3 is 4.74 Å². The Morgan fingerprint density at radius 1 is 1.45 bits per heavy atom. The van der Waals surface area contributed by atoms with Crippen LogP contribution in [0.25, 0.3) is 0 Å². The number of halogens is 1. The van der Waals surface area contributed by atoms with Gasteiger partial charge in [0.05, 0.1) is 12.7 Å². The summed E-state index contributed by atoms with van der Waals surface area (Å²) in [5.74, 6) is 0. The zero-order chi connectivity index (χ0) is 8.32. The molecule has 1 aliphatic heterocycles. The summed E-state index contributed by atoms with van der Waals surface area (Å²) in [6.45, 7) is 5.50. The molecular weight excluding hydrogens is 204 g/mol. The molecule has 0 radical (unpaired) electrons. The molecule has 0 saturated carbocycles. The Morgan fingerprint density at radius 3 is 2.36 bits per heavy atom. The lowest BCUT2D eigenvalue weighted by Gasteiger charge is -2.23. The normalized spacial score (nSPS) is 29.2. The Labute approximate surface area is 77.6 Å². The highest BCUT2D eigenvalue weighted by Gasteiger charge is 2.36. The van der Waals surface area contributed by atoms with Gasteiger partial charge in [-0.15, -0.1) is 0 Å². The van der Waals surface area contributed by atoms with Crippen LogP contribution in [0.3, 0.4) is 0 Å². The van der Waals surface area contributed by atoms with Crippen molar-refractivity contribution in [1.82, 2.24) is 0 Å². The molecule has 0 unspecified atom stereocenters. The Balaban J connectivity index is 2.48. The van der Waals surface area contributed by atoms with Crippen LogP contribution in [0.15, 0.2) is 0 Å². The minimum atomic E-state index is 0.467. The second-order valence-electron chi connectivity index (χ2n) is 3.50. The molecule has 11 heavy (non-hydrogen) atoms. The molecule has 2 heteroatoms. The maximum atomic E-state index is 5.65. The Bertz CT molecular complexity index is 121. The van der Waals surface area contributed by atoms with Gasteiger partial charge in [0.2, 0.25) is 0 Å². The molecule has 0 spiro atoms. The maximum absolute atomic E-state index is 5.65. The third-order valence-corrected chi connectivity index (χ3v) is 3.68. The summed E-state index contributed by atoms with van der Waals surface area (Å²) in [6, 6.07) is 0.